The molecule has 0 saturated carbocycles. The summed E-state index contributed by atoms with van der Waals surface area (Å²) in [6.45, 7) is 1.48. The maximum absolute atomic E-state index is 12.5. The topological polar surface area (TPSA) is 48.0 Å². The quantitative estimate of drug-likeness (QED) is 0.747. The van der Waals surface area contributed by atoms with Crippen LogP contribution in [0.15, 0.2) is 54.6 Å². The number of ether oxygens (including phenoxy) is 3. The SMILES string of the molecule is COc1ccccc1OCC(=O)N1CCC(C(OC)c2ccccc2)CC1. The molecule has 5 heteroatoms. The Morgan fingerprint density at radius 3 is 2.26 bits per heavy atom. The van der Waals surface area contributed by atoms with Crippen LogP contribution in [-0.4, -0.2) is 44.7 Å². The molecule has 1 fully saturated rings. The van der Waals surface area contributed by atoms with Crippen LogP contribution in [0.3, 0.4) is 0 Å². The van der Waals surface area contributed by atoms with Crippen LogP contribution in [0.2, 0.25) is 0 Å². The number of methoxy groups -OCH3 is 2. The molecule has 144 valence electrons. The van der Waals surface area contributed by atoms with Crippen molar-refractivity contribution in [3.05, 3.63) is 60.2 Å². The van der Waals surface area contributed by atoms with Gasteiger partial charge in [0.25, 0.3) is 5.91 Å². The first-order valence-corrected chi connectivity index (χ1v) is 9.34. The van der Waals surface area contributed by atoms with Crippen LogP contribution in [0, 0.1) is 5.92 Å². The smallest absolute Gasteiger partial charge is 0.260 e. The molecule has 3 rings (SSSR count). The second-order valence-corrected chi connectivity index (χ2v) is 6.72. The van der Waals surface area contributed by atoms with Crippen LogP contribution < -0.4 is 9.47 Å². The summed E-state index contributed by atoms with van der Waals surface area (Å²) in [7, 11) is 3.35. The number of piperidine rings is 1. The minimum absolute atomic E-state index is 0.00744. The summed E-state index contributed by atoms with van der Waals surface area (Å²) in [6.07, 6.45) is 1.93. The van der Waals surface area contributed by atoms with Crippen LogP contribution in [-0.2, 0) is 9.53 Å². The van der Waals surface area contributed by atoms with Gasteiger partial charge in [0.1, 0.15) is 0 Å². The number of para-hydroxylation sites is 2. The number of benzene rings is 2. The zero-order chi connectivity index (χ0) is 19.1. The Hall–Kier alpha value is -2.53. The number of nitrogens with zero attached hydrogens (tertiary/aromatic N) is 1. The van der Waals surface area contributed by atoms with Gasteiger partial charge in [-0.15, -0.1) is 0 Å². The van der Waals surface area contributed by atoms with E-state index in [0.717, 1.165) is 25.9 Å². The summed E-state index contributed by atoms with van der Waals surface area (Å²) >= 11 is 0. The molecule has 1 unspecified atom stereocenters. The standard InChI is InChI=1S/C22H27NO4/c1-25-19-10-6-7-11-20(19)27-16-21(24)23-14-12-18(13-15-23)22(26-2)17-8-4-3-5-9-17/h3-11,18,22H,12-16H2,1-2H3. The van der Waals surface area contributed by atoms with Gasteiger partial charge in [-0.25, -0.2) is 0 Å². The second-order valence-electron chi connectivity index (χ2n) is 6.72. The first-order valence-electron chi connectivity index (χ1n) is 9.34. The van der Waals surface area contributed by atoms with Crippen molar-refractivity contribution in [2.24, 2.45) is 5.92 Å². The number of carbonyl (C=O) groups is 1. The first-order chi connectivity index (χ1) is 13.2. The van der Waals surface area contributed by atoms with Crippen molar-refractivity contribution < 1.29 is 19.0 Å². The molecule has 0 radical (unpaired) electrons. The van der Waals surface area contributed by atoms with Gasteiger partial charge in [-0.3, -0.25) is 4.79 Å². The van der Waals surface area contributed by atoms with E-state index in [0.29, 0.717) is 17.4 Å². The van der Waals surface area contributed by atoms with Crippen molar-refractivity contribution >= 4 is 5.91 Å². The zero-order valence-corrected chi connectivity index (χ0v) is 16.0. The minimum atomic E-state index is 0.00744. The minimum Gasteiger partial charge on any atom is -0.493 e. The predicted octanol–water partition coefficient (Wildman–Crippen LogP) is 3.70. The van der Waals surface area contributed by atoms with Gasteiger partial charge < -0.3 is 19.1 Å². The molecule has 1 amide bonds. The van der Waals surface area contributed by atoms with E-state index in [-0.39, 0.29) is 18.6 Å². The fourth-order valence-corrected chi connectivity index (χ4v) is 3.66. The van der Waals surface area contributed by atoms with Crippen LogP contribution in [0.1, 0.15) is 24.5 Å². The van der Waals surface area contributed by atoms with Crippen LogP contribution in [0.5, 0.6) is 11.5 Å². The highest BCUT2D eigenvalue weighted by molar-refractivity contribution is 5.78. The number of rotatable bonds is 7. The normalized spacial score (nSPS) is 16.0. The van der Waals surface area contributed by atoms with Crippen molar-refractivity contribution in [2.75, 3.05) is 33.9 Å². The van der Waals surface area contributed by atoms with E-state index in [2.05, 4.69) is 12.1 Å². The van der Waals surface area contributed by atoms with Crippen LogP contribution >= 0.6 is 0 Å². The van der Waals surface area contributed by atoms with Gasteiger partial charge in [0.15, 0.2) is 18.1 Å². The lowest BCUT2D eigenvalue weighted by Gasteiger charge is -2.35. The summed E-state index contributed by atoms with van der Waals surface area (Å²) in [5.74, 6) is 1.64. The summed E-state index contributed by atoms with van der Waals surface area (Å²) in [4.78, 5) is 14.4. The monoisotopic (exact) mass is 369 g/mol. The van der Waals surface area contributed by atoms with E-state index in [1.807, 2.05) is 41.3 Å². The maximum atomic E-state index is 12.5. The Morgan fingerprint density at radius 1 is 1.00 bits per heavy atom. The molecule has 1 atom stereocenters. The highest BCUT2D eigenvalue weighted by Gasteiger charge is 2.29. The average Bonchev–Trinajstić information content (AvgIpc) is 2.74. The van der Waals surface area contributed by atoms with Gasteiger partial charge in [-0.1, -0.05) is 42.5 Å². The largest absolute Gasteiger partial charge is 0.493 e. The summed E-state index contributed by atoms with van der Waals surface area (Å²) in [5, 5.41) is 0. The Bertz CT molecular complexity index is 726. The molecule has 0 bridgehead atoms. The number of hydrogen-bond acceptors (Lipinski definition) is 4. The van der Waals surface area contributed by atoms with E-state index in [1.165, 1.54) is 5.56 Å². The predicted molar refractivity (Wildman–Crippen MR) is 104 cm³/mol. The Morgan fingerprint density at radius 2 is 1.63 bits per heavy atom. The summed E-state index contributed by atoms with van der Waals surface area (Å²) in [6, 6.07) is 17.7. The van der Waals surface area contributed by atoms with Crippen molar-refractivity contribution in [3.63, 3.8) is 0 Å². The van der Waals surface area contributed by atoms with Crippen LogP contribution in [0.4, 0.5) is 0 Å². The molecular weight excluding hydrogens is 342 g/mol. The molecule has 0 aliphatic carbocycles. The van der Waals surface area contributed by atoms with Gasteiger partial charge in [0.05, 0.1) is 13.2 Å². The molecule has 5 nitrogen and oxygen atoms in total. The highest BCUT2D eigenvalue weighted by atomic mass is 16.5. The molecule has 2 aromatic carbocycles. The Kier molecular flexibility index (Phi) is 6.71. The summed E-state index contributed by atoms with van der Waals surface area (Å²) < 4.78 is 16.7. The molecule has 2 aromatic rings. The summed E-state index contributed by atoms with van der Waals surface area (Å²) in [5.41, 5.74) is 1.20. The van der Waals surface area contributed by atoms with Gasteiger partial charge >= 0.3 is 0 Å². The third kappa shape index (κ3) is 4.80. The lowest BCUT2D eigenvalue weighted by atomic mass is 9.87. The average molecular weight is 369 g/mol. The molecule has 1 aliphatic rings. The van der Waals surface area contributed by atoms with Gasteiger partial charge in [0.2, 0.25) is 0 Å². The molecule has 0 N–H and O–H groups in total. The van der Waals surface area contributed by atoms with Crippen molar-refractivity contribution in [1.29, 1.82) is 0 Å². The maximum Gasteiger partial charge on any atom is 0.260 e. The highest BCUT2D eigenvalue weighted by Crippen LogP contribution is 2.33. The number of likely N-dealkylation sites (tertiary alicyclic amines) is 1. The van der Waals surface area contributed by atoms with Gasteiger partial charge in [0, 0.05) is 20.2 Å². The lowest BCUT2D eigenvalue weighted by molar-refractivity contribution is -0.135. The molecule has 0 spiro atoms. The van der Waals surface area contributed by atoms with Gasteiger partial charge in [-0.05, 0) is 36.5 Å². The van der Waals surface area contributed by atoms with Crippen LogP contribution in [0.25, 0.3) is 0 Å². The van der Waals surface area contributed by atoms with E-state index in [4.69, 9.17) is 14.2 Å². The number of hydrogen-bond donors (Lipinski definition) is 0. The van der Waals surface area contributed by atoms with E-state index < -0.39 is 0 Å². The Labute approximate surface area is 160 Å². The second kappa shape index (κ2) is 9.42. The van der Waals surface area contributed by atoms with E-state index in [1.54, 1.807) is 20.3 Å². The molecular formula is C22H27NO4. The lowest BCUT2D eigenvalue weighted by Crippen LogP contribution is -2.42. The first kappa shape index (κ1) is 19.2. The van der Waals surface area contributed by atoms with E-state index in [9.17, 15) is 4.79 Å². The molecule has 1 saturated heterocycles. The fourth-order valence-electron chi connectivity index (χ4n) is 3.66. The Balaban J connectivity index is 1.52. The van der Waals surface area contributed by atoms with Crippen molar-refractivity contribution in [3.8, 4) is 11.5 Å². The fraction of sp³-hybridized carbons (Fsp3) is 0.409. The number of amides is 1. The van der Waals surface area contributed by atoms with Crippen molar-refractivity contribution in [2.45, 2.75) is 18.9 Å². The molecule has 1 heterocycles. The van der Waals surface area contributed by atoms with E-state index >= 15 is 0 Å². The van der Waals surface area contributed by atoms with Gasteiger partial charge in [-0.2, -0.15) is 0 Å². The third-order valence-corrected chi connectivity index (χ3v) is 5.12. The zero-order valence-electron chi connectivity index (χ0n) is 16.0. The van der Waals surface area contributed by atoms with Crippen molar-refractivity contribution in [1.82, 2.24) is 4.90 Å². The number of carbonyl (C=O) groups excluding carboxylic acids is 1. The third-order valence-electron chi connectivity index (χ3n) is 5.12. The molecule has 27 heavy (non-hydrogen) atoms. The molecule has 1 aliphatic heterocycles. The molecule has 0 aromatic heterocycles.